The van der Waals surface area contributed by atoms with Crippen molar-refractivity contribution in [1.29, 1.82) is 0 Å². The number of methoxy groups -OCH3 is 1. The van der Waals surface area contributed by atoms with Gasteiger partial charge in [-0.15, -0.1) is 0 Å². The van der Waals surface area contributed by atoms with E-state index in [9.17, 15) is 18.8 Å². The maximum atomic E-state index is 14.6. The molecule has 3 amide bonds. The van der Waals surface area contributed by atoms with E-state index in [0.717, 1.165) is 0 Å². The SMILES string of the molecule is COc1ccc2cc1OCC(=O)NCc1cc(F)cc(c1)O[C@@H]1CCN(C(=O)c3cnc(N4CCOCC4)nc3)C[C@@H]1NC2=O. The summed E-state index contributed by atoms with van der Waals surface area (Å²) in [6.07, 6.45) is 2.77. The summed E-state index contributed by atoms with van der Waals surface area (Å²) in [5, 5.41) is 5.69. The van der Waals surface area contributed by atoms with Crippen molar-refractivity contribution in [2.75, 3.05) is 58.0 Å². The number of rotatable bonds is 3. The number of amides is 3. The highest BCUT2D eigenvalue weighted by molar-refractivity contribution is 5.96. The molecule has 4 heterocycles. The van der Waals surface area contributed by atoms with Gasteiger partial charge in [0.1, 0.15) is 17.7 Å². The van der Waals surface area contributed by atoms with Crippen LogP contribution in [0.2, 0.25) is 0 Å². The minimum atomic E-state index is -0.658. The molecule has 6 rings (SSSR count). The predicted octanol–water partition coefficient (Wildman–Crippen LogP) is 1.56. The van der Waals surface area contributed by atoms with E-state index in [4.69, 9.17) is 18.9 Å². The maximum absolute atomic E-state index is 14.6. The number of likely N-dealkylation sites (tertiary alicyclic amines) is 1. The molecule has 3 aliphatic heterocycles. The topological polar surface area (TPSA) is 144 Å². The number of carbonyl (C=O) groups excluding carboxylic acids is 3. The first-order valence-corrected chi connectivity index (χ1v) is 14.6. The van der Waals surface area contributed by atoms with Crippen molar-refractivity contribution in [2.24, 2.45) is 0 Å². The molecule has 236 valence electrons. The Morgan fingerprint density at radius 3 is 2.64 bits per heavy atom. The number of aromatic nitrogens is 2. The van der Waals surface area contributed by atoms with Crippen LogP contribution in [0.5, 0.6) is 17.2 Å². The third kappa shape index (κ3) is 7.06. The lowest BCUT2D eigenvalue weighted by molar-refractivity contribution is -0.123. The van der Waals surface area contributed by atoms with Crippen LogP contribution >= 0.6 is 0 Å². The fraction of sp³-hybridized carbons (Fsp3) is 0.387. The van der Waals surface area contributed by atoms with Crippen LogP contribution in [0.3, 0.4) is 0 Å². The Morgan fingerprint density at radius 1 is 1.07 bits per heavy atom. The van der Waals surface area contributed by atoms with Gasteiger partial charge < -0.3 is 39.4 Å². The monoisotopic (exact) mass is 620 g/mol. The van der Waals surface area contributed by atoms with Crippen molar-refractivity contribution in [3.05, 3.63) is 71.3 Å². The standard InChI is InChI=1S/C31H33FN6O7/c1-42-26-3-2-20-12-27(26)44-18-28(39)33-14-19-10-22(32)13-23(11-19)45-25-4-5-38(17-24(25)36-29(20)40)30(41)21-15-34-31(35-16-21)37-6-8-43-9-7-37/h2-3,10-13,15-16,24-25H,4-9,14,17-18H2,1H3,(H,33,39)(H,36,40)/t24-,25+/m0/s1. The largest absolute Gasteiger partial charge is 0.493 e. The summed E-state index contributed by atoms with van der Waals surface area (Å²) < 4.78 is 37.2. The van der Waals surface area contributed by atoms with Crippen LogP contribution in [0.4, 0.5) is 10.3 Å². The number of hydrogen-bond acceptors (Lipinski definition) is 10. The Hall–Kier alpha value is -4.98. The van der Waals surface area contributed by atoms with Crippen molar-refractivity contribution in [3.63, 3.8) is 0 Å². The molecule has 0 aliphatic carbocycles. The first-order chi connectivity index (χ1) is 21.9. The normalized spacial score (nSPS) is 20.6. The lowest BCUT2D eigenvalue weighted by Gasteiger charge is -2.39. The molecule has 0 unspecified atom stereocenters. The molecule has 3 aliphatic rings. The van der Waals surface area contributed by atoms with Gasteiger partial charge in [0.15, 0.2) is 18.1 Å². The summed E-state index contributed by atoms with van der Waals surface area (Å²) in [5.41, 5.74) is 1.05. The van der Waals surface area contributed by atoms with Crippen molar-refractivity contribution in [2.45, 2.75) is 25.1 Å². The molecule has 4 bridgehead atoms. The van der Waals surface area contributed by atoms with Gasteiger partial charge in [0.25, 0.3) is 17.7 Å². The van der Waals surface area contributed by atoms with Crippen LogP contribution in [0.1, 0.15) is 32.7 Å². The van der Waals surface area contributed by atoms with Gasteiger partial charge in [-0.3, -0.25) is 14.4 Å². The first kappa shape index (κ1) is 30.1. The average molecular weight is 621 g/mol. The summed E-state index contributed by atoms with van der Waals surface area (Å²) in [5.74, 6) is -0.403. The van der Waals surface area contributed by atoms with E-state index in [1.807, 2.05) is 4.90 Å². The number of benzene rings is 2. The molecule has 2 atom stereocenters. The number of fused-ring (bicyclic) bond motifs is 5. The Morgan fingerprint density at radius 2 is 1.87 bits per heavy atom. The number of piperidine rings is 1. The predicted molar refractivity (Wildman–Crippen MR) is 158 cm³/mol. The zero-order chi connectivity index (χ0) is 31.3. The zero-order valence-corrected chi connectivity index (χ0v) is 24.7. The Balaban J connectivity index is 1.26. The number of hydrogen-bond donors (Lipinski definition) is 2. The number of halogens is 1. The number of nitrogens with one attached hydrogen (secondary N) is 2. The highest BCUT2D eigenvalue weighted by atomic mass is 19.1. The molecule has 2 aromatic carbocycles. The van der Waals surface area contributed by atoms with E-state index in [2.05, 4.69) is 20.6 Å². The van der Waals surface area contributed by atoms with Crippen LogP contribution < -0.4 is 29.7 Å². The van der Waals surface area contributed by atoms with Gasteiger partial charge >= 0.3 is 0 Å². The molecule has 13 nitrogen and oxygen atoms in total. The lowest BCUT2D eigenvalue weighted by Crippen LogP contribution is -2.58. The highest BCUT2D eigenvalue weighted by Gasteiger charge is 2.35. The minimum absolute atomic E-state index is 0.0486. The van der Waals surface area contributed by atoms with Crippen molar-refractivity contribution in [3.8, 4) is 17.2 Å². The number of carbonyl (C=O) groups is 3. The Labute approximate surface area is 258 Å². The summed E-state index contributed by atoms with van der Waals surface area (Å²) in [7, 11) is 1.45. The summed E-state index contributed by atoms with van der Waals surface area (Å²) in [6.45, 7) is 2.67. The van der Waals surface area contributed by atoms with Crippen LogP contribution in [0.15, 0.2) is 48.8 Å². The second-order valence-corrected chi connectivity index (χ2v) is 10.9. The number of morpholine rings is 1. The second-order valence-electron chi connectivity index (χ2n) is 10.9. The molecule has 14 heteroatoms. The molecule has 3 aromatic rings. The van der Waals surface area contributed by atoms with Crippen LogP contribution in [-0.2, 0) is 16.1 Å². The van der Waals surface area contributed by atoms with Gasteiger partial charge in [-0.1, -0.05) is 0 Å². The van der Waals surface area contributed by atoms with Crippen LogP contribution in [-0.4, -0.2) is 97.8 Å². The van der Waals surface area contributed by atoms with E-state index in [1.165, 1.54) is 37.7 Å². The molecule has 2 N–H and O–H groups in total. The molecule has 0 spiro atoms. The summed E-state index contributed by atoms with van der Waals surface area (Å²) >= 11 is 0. The number of nitrogens with zero attached hydrogens (tertiary/aromatic N) is 4. The number of ether oxygens (including phenoxy) is 4. The first-order valence-electron chi connectivity index (χ1n) is 14.6. The van der Waals surface area contributed by atoms with Gasteiger partial charge in [-0.05, 0) is 35.9 Å². The molecule has 0 saturated carbocycles. The van der Waals surface area contributed by atoms with Crippen molar-refractivity contribution >= 4 is 23.7 Å². The lowest BCUT2D eigenvalue weighted by atomic mass is 10.00. The van der Waals surface area contributed by atoms with E-state index in [0.29, 0.717) is 62.1 Å². The molecular weight excluding hydrogens is 587 g/mol. The van der Waals surface area contributed by atoms with E-state index >= 15 is 0 Å². The third-order valence-electron chi connectivity index (χ3n) is 7.82. The second kappa shape index (κ2) is 13.3. The van der Waals surface area contributed by atoms with Gasteiger partial charge in [0.05, 0.1) is 31.9 Å². The number of anilines is 1. The molecular formula is C31H33FN6O7. The maximum Gasteiger partial charge on any atom is 0.258 e. The molecule has 2 saturated heterocycles. The quantitative estimate of drug-likeness (QED) is 0.443. The molecule has 0 radical (unpaired) electrons. The molecule has 45 heavy (non-hydrogen) atoms. The van der Waals surface area contributed by atoms with E-state index in [-0.39, 0.29) is 42.7 Å². The Bertz CT molecular complexity index is 1570. The average Bonchev–Trinajstić information content (AvgIpc) is 3.06. The summed E-state index contributed by atoms with van der Waals surface area (Å²) in [6, 6.07) is 8.15. The Kier molecular flexibility index (Phi) is 8.91. The van der Waals surface area contributed by atoms with Gasteiger partial charge in [0, 0.05) is 63.2 Å². The fourth-order valence-corrected chi connectivity index (χ4v) is 5.48. The zero-order valence-electron chi connectivity index (χ0n) is 24.7. The minimum Gasteiger partial charge on any atom is -0.493 e. The summed E-state index contributed by atoms with van der Waals surface area (Å²) in [4.78, 5) is 51.9. The van der Waals surface area contributed by atoms with Crippen molar-refractivity contribution in [1.82, 2.24) is 25.5 Å². The smallest absolute Gasteiger partial charge is 0.258 e. The highest BCUT2D eigenvalue weighted by Crippen LogP contribution is 2.29. The van der Waals surface area contributed by atoms with Crippen molar-refractivity contribution < 1.29 is 37.7 Å². The van der Waals surface area contributed by atoms with E-state index in [1.54, 1.807) is 23.1 Å². The van der Waals surface area contributed by atoms with E-state index < -0.39 is 29.8 Å². The van der Waals surface area contributed by atoms with Gasteiger partial charge in [-0.25, -0.2) is 14.4 Å². The molecule has 2 fully saturated rings. The van der Waals surface area contributed by atoms with Crippen LogP contribution in [0.25, 0.3) is 0 Å². The third-order valence-corrected chi connectivity index (χ3v) is 7.82. The van der Waals surface area contributed by atoms with Gasteiger partial charge in [-0.2, -0.15) is 0 Å². The molecule has 1 aromatic heterocycles. The van der Waals surface area contributed by atoms with Gasteiger partial charge in [0.2, 0.25) is 5.95 Å². The van der Waals surface area contributed by atoms with Crippen LogP contribution in [0, 0.1) is 5.82 Å². The fourth-order valence-electron chi connectivity index (χ4n) is 5.48.